The van der Waals surface area contributed by atoms with E-state index in [1.807, 2.05) is 12.1 Å². The summed E-state index contributed by atoms with van der Waals surface area (Å²) in [5.74, 6) is 2.30. The fourth-order valence-electron chi connectivity index (χ4n) is 4.96. The van der Waals surface area contributed by atoms with Crippen LogP contribution in [-0.2, 0) is 6.54 Å². The van der Waals surface area contributed by atoms with Crippen LogP contribution in [0, 0.1) is 6.92 Å². The summed E-state index contributed by atoms with van der Waals surface area (Å²) < 4.78 is 14.6. The van der Waals surface area contributed by atoms with Crippen LogP contribution in [0.2, 0.25) is 0 Å². The van der Waals surface area contributed by atoms with Gasteiger partial charge in [-0.1, -0.05) is 30.3 Å². The molecule has 2 fully saturated rings. The van der Waals surface area contributed by atoms with E-state index in [-0.39, 0.29) is 5.60 Å². The highest BCUT2D eigenvalue weighted by Crippen LogP contribution is 2.41. The van der Waals surface area contributed by atoms with Crippen molar-refractivity contribution < 1.29 is 9.47 Å². The maximum atomic E-state index is 6.28. The standard InChI is InChI=1S/C30H36N6O2/c1-22-19-24(37-18-17-35-15-13-34(3)14-16-35)9-10-25(22)27-33-26-28(36(27)20-23-7-5-4-6-8-23)31-21-32-29(26)38-30(2)11-12-30/h4-10,19,21H,11-18,20H2,1-3H3. The Labute approximate surface area is 224 Å². The van der Waals surface area contributed by atoms with E-state index in [4.69, 9.17) is 14.5 Å². The van der Waals surface area contributed by atoms with Gasteiger partial charge in [0, 0.05) is 38.3 Å². The van der Waals surface area contributed by atoms with Crippen LogP contribution in [0.4, 0.5) is 0 Å². The maximum Gasteiger partial charge on any atom is 0.245 e. The fraction of sp³-hybridized carbons (Fsp3) is 0.433. The molecule has 6 rings (SSSR count). The van der Waals surface area contributed by atoms with Gasteiger partial charge in [0.05, 0.1) is 6.54 Å². The molecule has 1 saturated carbocycles. The van der Waals surface area contributed by atoms with Gasteiger partial charge >= 0.3 is 0 Å². The number of ether oxygens (including phenoxy) is 2. The summed E-state index contributed by atoms with van der Waals surface area (Å²) in [6.07, 6.45) is 3.65. The van der Waals surface area contributed by atoms with E-state index >= 15 is 0 Å². The summed E-state index contributed by atoms with van der Waals surface area (Å²) in [7, 11) is 2.18. The minimum Gasteiger partial charge on any atom is -0.492 e. The lowest BCUT2D eigenvalue weighted by atomic mass is 10.1. The van der Waals surface area contributed by atoms with Crippen molar-refractivity contribution in [2.75, 3.05) is 46.4 Å². The molecule has 2 aromatic carbocycles. The number of hydrogen-bond acceptors (Lipinski definition) is 7. The summed E-state index contributed by atoms with van der Waals surface area (Å²) in [6.45, 7) is 11.0. The van der Waals surface area contributed by atoms with Gasteiger partial charge in [0.2, 0.25) is 5.88 Å². The molecule has 2 aliphatic rings. The van der Waals surface area contributed by atoms with Crippen molar-refractivity contribution in [2.45, 2.75) is 38.8 Å². The molecule has 0 N–H and O–H groups in total. The molecule has 198 valence electrons. The molecule has 1 aliphatic heterocycles. The topological polar surface area (TPSA) is 68.5 Å². The zero-order valence-electron chi connectivity index (χ0n) is 22.6. The van der Waals surface area contributed by atoms with Gasteiger partial charge in [-0.3, -0.25) is 4.90 Å². The number of aryl methyl sites for hydroxylation is 1. The number of fused-ring (bicyclic) bond motifs is 1. The largest absolute Gasteiger partial charge is 0.492 e. The number of rotatable bonds is 9. The van der Waals surface area contributed by atoms with Crippen molar-refractivity contribution in [1.29, 1.82) is 0 Å². The molecule has 1 saturated heterocycles. The van der Waals surface area contributed by atoms with Crippen molar-refractivity contribution in [3.8, 4) is 23.0 Å². The average Bonchev–Trinajstić information content (AvgIpc) is 3.54. The van der Waals surface area contributed by atoms with Crippen LogP contribution in [0.1, 0.15) is 30.9 Å². The first kappa shape index (κ1) is 24.8. The smallest absolute Gasteiger partial charge is 0.245 e. The summed E-state index contributed by atoms with van der Waals surface area (Å²) in [5, 5.41) is 0. The van der Waals surface area contributed by atoms with Gasteiger partial charge < -0.3 is 18.9 Å². The molecule has 0 unspecified atom stereocenters. The first-order valence-electron chi connectivity index (χ1n) is 13.6. The van der Waals surface area contributed by atoms with Gasteiger partial charge in [-0.15, -0.1) is 0 Å². The summed E-state index contributed by atoms with van der Waals surface area (Å²) in [5.41, 5.74) is 4.68. The monoisotopic (exact) mass is 512 g/mol. The Morgan fingerprint density at radius 1 is 0.974 bits per heavy atom. The minimum absolute atomic E-state index is 0.149. The minimum atomic E-state index is -0.149. The van der Waals surface area contributed by atoms with Crippen molar-refractivity contribution in [3.63, 3.8) is 0 Å². The number of hydrogen-bond donors (Lipinski definition) is 0. The lowest BCUT2D eigenvalue weighted by Crippen LogP contribution is -2.45. The highest BCUT2D eigenvalue weighted by atomic mass is 16.5. The van der Waals surface area contributed by atoms with Crippen LogP contribution in [0.5, 0.6) is 11.6 Å². The predicted molar refractivity (Wildman–Crippen MR) is 149 cm³/mol. The highest BCUT2D eigenvalue weighted by Gasteiger charge is 2.41. The third-order valence-electron chi connectivity index (χ3n) is 7.69. The van der Waals surface area contributed by atoms with E-state index in [0.29, 0.717) is 24.5 Å². The highest BCUT2D eigenvalue weighted by molar-refractivity contribution is 5.82. The number of imidazole rings is 1. The van der Waals surface area contributed by atoms with Crippen LogP contribution >= 0.6 is 0 Å². The molecular weight excluding hydrogens is 476 g/mol. The number of nitrogens with zero attached hydrogens (tertiary/aromatic N) is 6. The summed E-state index contributed by atoms with van der Waals surface area (Å²) in [4.78, 5) is 19.0. The van der Waals surface area contributed by atoms with E-state index in [1.165, 1.54) is 5.56 Å². The molecule has 3 heterocycles. The Bertz CT molecular complexity index is 1410. The molecule has 8 heteroatoms. The lowest BCUT2D eigenvalue weighted by Gasteiger charge is -2.32. The third kappa shape index (κ3) is 5.37. The average molecular weight is 513 g/mol. The molecule has 4 aromatic rings. The Kier molecular flexibility index (Phi) is 6.76. The number of aromatic nitrogens is 4. The number of piperazine rings is 1. The SMILES string of the molecule is Cc1cc(OCCN2CCN(C)CC2)ccc1-c1nc2c(OC3(C)CC3)ncnc2n1Cc1ccccc1. The molecule has 8 nitrogen and oxygen atoms in total. The lowest BCUT2D eigenvalue weighted by molar-refractivity contribution is 0.133. The van der Waals surface area contributed by atoms with Gasteiger partial charge in [-0.2, -0.15) is 4.98 Å². The molecule has 0 atom stereocenters. The Morgan fingerprint density at radius 2 is 1.76 bits per heavy atom. The number of benzene rings is 2. The second kappa shape index (κ2) is 10.3. The van der Waals surface area contributed by atoms with Crippen LogP contribution in [0.25, 0.3) is 22.6 Å². The van der Waals surface area contributed by atoms with E-state index in [1.54, 1.807) is 6.33 Å². The Balaban J connectivity index is 1.28. The summed E-state index contributed by atoms with van der Waals surface area (Å²) in [6, 6.07) is 16.7. The van der Waals surface area contributed by atoms with Crippen LogP contribution in [-0.4, -0.2) is 81.3 Å². The molecule has 0 radical (unpaired) electrons. The van der Waals surface area contributed by atoms with Crippen LogP contribution in [0.15, 0.2) is 54.9 Å². The molecule has 0 bridgehead atoms. The van der Waals surface area contributed by atoms with E-state index in [2.05, 4.69) is 81.6 Å². The molecular formula is C30H36N6O2. The second-order valence-electron chi connectivity index (χ2n) is 10.9. The van der Waals surface area contributed by atoms with Crippen molar-refractivity contribution in [1.82, 2.24) is 29.3 Å². The first-order chi connectivity index (χ1) is 18.5. The zero-order valence-corrected chi connectivity index (χ0v) is 22.6. The van der Waals surface area contributed by atoms with Crippen molar-refractivity contribution in [3.05, 3.63) is 66.0 Å². The molecule has 2 aromatic heterocycles. The molecule has 0 amide bonds. The normalized spacial score (nSPS) is 17.6. The third-order valence-corrected chi connectivity index (χ3v) is 7.69. The number of likely N-dealkylation sites (N-methyl/N-ethyl adjacent to an activating group) is 1. The Morgan fingerprint density at radius 3 is 2.50 bits per heavy atom. The maximum absolute atomic E-state index is 6.28. The quantitative estimate of drug-likeness (QED) is 0.329. The van der Waals surface area contributed by atoms with E-state index in [0.717, 1.165) is 73.9 Å². The van der Waals surface area contributed by atoms with E-state index in [9.17, 15) is 0 Å². The van der Waals surface area contributed by atoms with Crippen LogP contribution < -0.4 is 9.47 Å². The zero-order chi connectivity index (χ0) is 26.1. The summed E-state index contributed by atoms with van der Waals surface area (Å²) >= 11 is 0. The van der Waals surface area contributed by atoms with Gasteiger partial charge in [0.25, 0.3) is 0 Å². The van der Waals surface area contributed by atoms with Crippen LogP contribution in [0.3, 0.4) is 0 Å². The Hall–Kier alpha value is -3.49. The first-order valence-corrected chi connectivity index (χ1v) is 13.6. The molecule has 1 aliphatic carbocycles. The van der Waals surface area contributed by atoms with E-state index < -0.39 is 0 Å². The molecule has 0 spiro atoms. The van der Waals surface area contributed by atoms with Gasteiger partial charge in [0.15, 0.2) is 11.2 Å². The fourth-order valence-corrected chi connectivity index (χ4v) is 4.96. The van der Waals surface area contributed by atoms with Gasteiger partial charge in [-0.25, -0.2) is 9.97 Å². The van der Waals surface area contributed by atoms with Gasteiger partial charge in [0.1, 0.15) is 30.1 Å². The predicted octanol–water partition coefficient (Wildman–Crippen LogP) is 4.41. The molecule has 38 heavy (non-hydrogen) atoms. The second-order valence-corrected chi connectivity index (χ2v) is 10.9. The van der Waals surface area contributed by atoms with Gasteiger partial charge in [-0.05, 0) is 63.1 Å². The van der Waals surface area contributed by atoms with Crippen molar-refractivity contribution in [2.24, 2.45) is 0 Å². The van der Waals surface area contributed by atoms with Crippen molar-refractivity contribution >= 4 is 11.2 Å².